The van der Waals surface area contributed by atoms with Crippen molar-refractivity contribution in [2.24, 2.45) is 0 Å². The Labute approximate surface area is 203 Å². The molecule has 0 unspecified atom stereocenters. The zero-order valence-electron chi connectivity index (χ0n) is 18.9. The Bertz CT molecular complexity index is 1280. The van der Waals surface area contributed by atoms with Gasteiger partial charge in [0.25, 0.3) is 5.91 Å². The molecule has 4 aromatic rings. The Kier molecular flexibility index (Phi) is 6.72. The van der Waals surface area contributed by atoms with Crippen LogP contribution in [0.2, 0.25) is 5.02 Å². The molecule has 0 radical (unpaired) electrons. The van der Waals surface area contributed by atoms with Gasteiger partial charge in [0.15, 0.2) is 5.65 Å². The first kappa shape index (κ1) is 22.3. The smallest absolute Gasteiger partial charge is 0.251 e. The predicted molar refractivity (Wildman–Crippen MR) is 135 cm³/mol. The van der Waals surface area contributed by atoms with Crippen molar-refractivity contribution in [1.29, 1.82) is 0 Å². The summed E-state index contributed by atoms with van der Waals surface area (Å²) >= 11 is 6.47. The Hall–Kier alpha value is -3.45. The first-order valence-electron chi connectivity index (χ1n) is 11.8. The van der Waals surface area contributed by atoms with E-state index in [0.29, 0.717) is 29.6 Å². The highest BCUT2D eigenvalue weighted by Crippen LogP contribution is 2.33. The second-order valence-corrected chi connectivity index (χ2v) is 8.97. The molecule has 0 atom stereocenters. The van der Waals surface area contributed by atoms with Gasteiger partial charge in [-0.05, 0) is 37.1 Å². The van der Waals surface area contributed by atoms with E-state index in [1.165, 1.54) is 19.3 Å². The third-order valence-corrected chi connectivity index (χ3v) is 6.56. The number of carbonyl (C=O) groups is 1. The van der Waals surface area contributed by atoms with E-state index in [1.54, 1.807) is 23.0 Å². The van der Waals surface area contributed by atoms with E-state index in [2.05, 4.69) is 15.7 Å². The SMILES string of the molecule is O=C(NCCNc1nc(C2CCCCC2)nc2c1cnn2-c1ccccc1Cl)c1ccccc1. The highest BCUT2D eigenvalue weighted by atomic mass is 35.5. The number of amides is 1. The summed E-state index contributed by atoms with van der Waals surface area (Å²) in [5.74, 6) is 1.82. The van der Waals surface area contributed by atoms with Gasteiger partial charge in [-0.25, -0.2) is 14.6 Å². The quantitative estimate of drug-likeness (QED) is 0.352. The fourth-order valence-electron chi connectivity index (χ4n) is 4.45. The second kappa shape index (κ2) is 10.2. The maximum atomic E-state index is 12.3. The third-order valence-electron chi connectivity index (χ3n) is 6.24. The van der Waals surface area contributed by atoms with Gasteiger partial charge in [0.2, 0.25) is 0 Å². The van der Waals surface area contributed by atoms with Crippen LogP contribution in [0.4, 0.5) is 5.82 Å². The summed E-state index contributed by atoms with van der Waals surface area (Å²) in [5.41, 5.74) is 2.17. The molecular weight excluding hydrogens is 448 g/mol. The van der Waals surface area contributed by atoms with Crippen LogP contribution in [0, 0.1) is 0 Å². The maximum Gasteiger partial charge on any atom is 0.251 e. The van der Waals surface area contributed by atoms with Crippen LogP contribution in [0.5, 0.6) is 0 Å². The molecule has 174 valence electrons. The van der Waals surface area contributed by atoms with Crippen molar-refractivity contribution in [3.05, 3.63) is 77.2 Å². The molecule has 2 aromatic heterocycles. The van der Waals surface area contributed by atoms with Crippen LogP contribution >= 0.6 is 11.6 Å². The second-order valence-electron chi connectivity index (χ2n) is 8.56. The number of nitrogens with zero attached hydrogens (tertiary/aromatic N) is 4. The van der Waals surface area contributed by atoms with Crippen LogP contribution in [0.25, 0.3) is 16.7 Å². The number of hydrogen-bond donors (Lipinski definition) is 2. The van der Waals surface area contributed by atoms with Crippen LogP contribution in [0.15, 0.2) is 60.8 Å². The standard InChI is InChI=1S/C26H27ClN6O/c27-21-13-7-8-14-22(21)33-25-20(17-30-33)24(31-23(32-25)18-9-3-1-4-10-18)28-15-16-29-26(34)19-11-5-2-6-12-19/h2,5-8,11-14,17-18H,1,3-4,9-10,15-16H2,(H,29,34)(H,28,31,32). The van der Waals surface area contributed by atoms with E-state index >= 15 is 0 Å². The van der Waals surface area contributed by atoms with E-state index in [1.807, 2.05) is 42.5 Å². The molecule has 7 nitrogen and oxygen atoms in total. The maximum absolute atomic E-state index is 12.3. The molecular formula is C26H27ClN6O. The monoisotopic (exact) mass is 474 g/mol. The van der Waals surface area contributed by atoms with Gasteiger partial charge in [0.1, 0.15) is 11.6 Å². The number of rotatable bonds is 7. The number of halogens is 1. The summed E-state index contributed by atoms with van der Waals surface area (Å²) in [5, 5.41) is 12.4. The van der Waals surface area contributed by atoms with E-state index in [4.69, 9.17) is 21.6 Å². The lowest BCUT2D eigenvalue weighted by Gasteiger charge is -2.21. The predicted octanol–water partition coefficient (Wildman–Crippen LogP) is 5.36. The molecule has 1 aliphatic rings. The van der Waals surface area contributed by atoms with Crippen LogP contribution in [-0.2, 0) is 0 Å². The van der Waals surface area contributed by atoms with Gasteiger partial charge in [-0.2, -0.15) is 5.10 Å². The fourth-order valence-corrected chi connectivity index (χ4v) is 4.67. The lowest BCUT2D eigenvalue weighted by atomic mass is 9.88. The molecule has 1 amide bonds. The molecule has 1 aliphatic carbocycles. The van der Waals surface area contributed by atoms with Gasteiger partial charge in [-0.3, -0.25) is 4.79 Å². The molecule has 1 fully saturated rings. The number of hydrogen-bond acceptors (Lipinski definition) is 5. The van der Waals surface area contributed by atoms with Gasteiger partial charge >= 0.3 is 0 Å². The van der Waals surface area contributed by atoms with Gasteiger partial charge < -0.3 is 10.6 Å². The van der Waals surface area contributed by atoms with Crippen LogP contribution < -0.4 is 10.6 Å². The molecule has 2 N–H and O–H groups in total. The van der Waals surface area contributed by atoms with Crippen molar-refractivity contribution < 1.29 is 4.79 Å². The minimum atomic E-state index is -0.0929. The number of carbonyl (C=O) groups excluding carboxylic acids is 1. The van der Waals surface area contributed by atoms with Crippen molar-refractivity contribution in [2.45, 2.75) is 38.0 Å². The first-order valence-corrected chi connectivity index (χ1v) is 12.2. The minimum Gasteiger partial charge on any atom is -0.368 e. The number of benzene rings is 2. The average Bonchev–Trinajstić information content (AvgIpc) is 3.31. The molecule has 5 rings (SSSR count). The Balaban J connectivity index is 1.40. The number of anilines is 1. The summed E-state index contributed by atoms with van der Waals surface area (Å²) in [7, 11) is 0. The number of aromatic nitrogens is 4. The molecule has 34 heavy (non-hydrogen) atoms. The van der Waals surface area contributed by atoms with Crippen molar-refractivity contribution in [2.75, 3.05) is 18.4 Å². The van der Waals surface area contributed by atoms with Crippen molar-refractivity contribution in [3.8, 4) is 5.69 Å². The summed E-state index contributed by atoms with van der Waals surface area (Å²) in [6, 6.07) is 16.8. The van der Waals surface area contributed by atoms with Gasteiger partial charge in [0.05, 0.1) is 22.3 Å². The Morgan fingerprint density at radius 2 is 1.74 bits per heavy atom. The van der Waals surface area contributed by atoms with Gasteiger partial charge in [-0.1, -0.05) is 61.2 Å². The highest BCUT2D eigenvalue weighted by Gasteiger charge is 2.22. The van der Waals surface area contributed by atoms with Crippen LogP contribution in [-0.4, -0.2) is 38.7 Å². The largest absolute Gasteiger partial charge is 0.368 e. The van der Waals surface area contributed by atoms with Crippen molar-refractivity contribution in [3.63, 3.8) is 0 Å². The zero-order valence-corrected chi connectivity index (χ0v) is 19.6. The van der Waals surface area contributed by atoms with E-state index < -0.39 is 0 Å². The Morgan fingerprint density at radius 3 is 2.53 bits per heavy atom. The lowest BCUT2D eigenvalue weighted by molar-refractivity contribution is 0.0955. The molecule has 0 saturated heterocycles. The zero-order chi connectivity index (χ0) is 23.3. The average molecular weight is 475 g/mol. The van der Waals surface area contributed by atoms with Gasteiger partial charge in [0, 0.05) is 24.6 Å². The first-order chi connectivity index (χ1) is 16.7. The molecule has 0 bridgehead atoms. The molecule has 2 heterocycles. The summed E-state index contributed by atoms with van der Waals surface area (Å²) in [4.78, 5) is 22.2. The Morgan fingerprint density at radius 1 is 0.971 bits per heavy atom. The van der Waals surface area contributed by atoms with E-state index in [0.717, 1.165) is 41.2 Å². The van der Waals surface area contributed by atoms with E-state index in [-0.39, 0.29) is 5.91 Å². The molecule has 1 saturated carbocycles. The molecule has 2 aromatic carbocycles. The molecule has 8 heteroatoms. The summed E-state index contributed by atoms with van der Waals surface area (Å²) in [6.45, 7) is 1.00. The van der Waals surface area contributed by atoms with Crippen molar-refractivity contribution in [1.82, 2.24) is 25.1 Å². The summed E-state index contributed by atoms with van der Waals surface area (Å²) < 4.78 is 1.79. The van der Waals surface area contributed by atoms with Crippen LogP contribution in [0.1, 0.15) is 54.2 Å². The van der Waals surface area contributed by atoms with Gasteiger partial charge in [-0.15, -0.1) is 0 Å². The number of nitrogens with one attached hydrogen (secondary N) is 2. The van der Waals surface area contributed by atoms with Crippen molar-refractivity contribution >= 4 is 34.4 Å². The summed E-state index contributed by atoms with van der Waals surface area (Å²) in [6.07, 6.45) is 7.63. The lowest BCUT2D eigenvalue weighted by Crippen LogP contribution is -2.29. The van der Waals surface area contributed by atoms with E-state index in [9.17, 15) is 4.79 Å². The fraction of sp³-hybridized carbons (Fsp3) is 0.308. The third kappa shape index (κ3) is 4.75. The normalized spacial score (nSPS) is 14.3. The topological polar surface area (TPSA) is 84.7 Å². The number of para-hydroxylation sites is 1. The minimum absolute atomic E-state index is 0.0929. The molecule has 0 aliphatic heterocycles. The molecule has 0 spiro atoms. The number of fused-ring (bicyclic) bond motifs is 1. The van der Waals surface area contributed by atoms with Crippen LogP contribution in [0.3, 0.4) is 0 Å². The highest BCUT2D eigenvalue weighted by molar-refractivity contribution is 6.32.